The lowest BCUT2D eigenvalue weighted by molar-refractivity contribution is 0.268. The molecule has 0 aromatic heterocycles. The molecule has 2 heteroatoms. The molecule has 0 saturated heterocycles. The highest BCUT2D eigenvalue weighted by Gasteiger charge is 1.96. The number of hydrogen-bond donors (Lipinski definition) is 0. The van der Waals surface area contributed by atoms with Crippen molar-refractivity contribution in [3.8, 4) is 0 Å². The minimum Gasteiger partial charge on any atom is -0.457 e. The largest absolute Gasteiger partial charge is 0.457 e. The Morgan fingerprint density at radius 2 is 0.963 bits per heavy atom. The second kappa shape index (κ2) is 19.5. The molecule has 0 spiro atoms. The summed E-state index contributed by atoms with van der Waals surface area (Å²) < 4.78 is 4.57. The minimum atomic E-state index is 0.539. The van der Waals surface area contributed by atoms with Gasteiger partial charge in [-0.15, -0.1) is 0 Å². The maximum atomic E-state index is 9.87. The standard InChI is InChI=1S/C25H41O2/c26-24-27-23-19-14-12-10-8-6-4-2-1-3-5-7-9-11-13-16-20-25-21-17-15-18-22-25/h15,17-18,21-22H,1-14,16,19-20,23H2. The fraction of sp³-hybridized carbons (Fsp3) is 0.720. The molecule has 0 fully saturated rings. The first-order chi connectivity index (χ1) is 13.4. The highest BCUT2D eigenvalue weighted by molar-refractivity contribution is 5.37. The molecule has 0 amide bonds. The summed E-state index contributed by atoms with van der Waals surface area (Å²) in [6, 6.07) is 10.9. The van der Waals surface area contributed by atoms with E-state index in [-0.39, 0.29) is 0 Å². The van der Waals surface area contributed by atoms with Crippen LogP contribution in [0.2, 0.25) is 0 Å². The molecule has 0 aliphatic heterocycles. The maximum absolute atomic E-state index is 9.87. The quantitative estimate of drug-likeness (QED) is 0.220. The summed E-state index contributed by atoms with van der Waals surface area (Å²) in [6.07, 6.45) is 22.9. The summed E-state index contributed by atoms with van der Waals surface area (Å²) in [5.41, 5.74) is 1.49. The van der Waals surface area contributed by atoms with Gasteiger partial charge in [-0.2, -0.15) is 0 Å². The third-order valence-electron chi connectivity index (χ3n) is 5.36. The van der Waals surface area contributed by atoms with Gasteiger partial charge in [-0.05, 0) is 24.8 Å². The lowest BCUT2D eigenvalue weighted by Crippen LogP contribution is -1.91. The van der Waals surface area contributed by atoms with Crippen LogP contribution in [0.25, 0.3) is 0 Å². The Labute approximate surface area is 168 Å². The molecular formula is C25H41O2. The molecule has 1 aromatic rings. The van der Waals surface area contributed by atoms with Crippen LogP contribution in [0, 0.1) is 0 Å². The first-order valence-corrected chi connectivity index (χ1v) is 11.5. The Kier molecular flexibility index (Phi) is 17.1. The van der Waals surface area contributed by atoms with Gasteiger partial charge in [0.15, 0.2) is 0 Å². The zero-order valence-electron chi connectivity index (χ0n) is 17.4. The zero-order chi connectivity index (χ0) is 19.3. The average molecular weight is 374 g/mol. The van der Waals surface area contributed by atoms with Crippen LogP contribution < -0.4 is 0 Å². The van der Waals surface area contributed by atoms with Crippen molar-refractivity contribution >= 4 is 6.47 Å². The van der Waals surface area contributed by atoms with E-state index in [0.29, 0.717) is 6.61 Å². The van der Waals surface area contributed by atoms with Gasteiger partial charge in [-0.3, -0.25) is 0 Å². The topological polar surface area (TPSA) is 26.3 Å². The fourth-order valence-corrected chi connectivity index (χ4v) is 3.66. The summed E-state index contributed by atoms with van der Waals surface area (Å²) in [6.45, 7) is 2.02. The molecule has 0 unspecified atom stereocenters. The predicted octanol–water partition coefficient (Wildman–Crippen LogP) is 7.55. The highest BCUT2D eigenvalue weighted by atomic mass is 16.5. The van der Waals surface area contributed by atoms with Crippen LogP contribution in [0.4, 0.5) is 0 Å². The summed E-state index contributed by atoms with van der Waals surface area (Å²) in [5, 5.41) is 0. The first-order valence-electron chi connectivity index (χ1n) is 11.5. The van der Waals surface area contributed by atoms with E-state index in [0.717, 1.165) is 6.42 Å². The van der Waals surface area contributed by atoms with Gasteiger partial charge in [0.2, 0.25) is 0 Å². The summed E-state index contributed by atoms with van der Waals surface area (Å²) >= 11 is 0. The van der Waals surface area contributed by atoms with Crippen molar-refractivity contribution in [1.29, 1.82) is 0 Å². The molecule has 0 heterocycles. The number of hydrogen-bond acceptors (Lipinski definition) is 2. The van der Waals surface area contributed by atoms with E-state index in [1.165, 1.54) is 115 Å². The van der Waals surface area contributed by atoms with Gasteiger partial charge < -0.3 is 4.74 Å². The van der Waals surface area contributed by atoms with E-state index in [1.807, 2.05) is 0 Å². The number of rotatable bonds is 20. The Morgan fingerprint density at radius 1 is 0.556 bits per heavy atom. The fourth-order valence-electron chi connectivity index (χ4n) is 3.66. The van der Waals surface area contributed by atoms with Crippen LogP contribution in [-0.4, -0.2) is 13.1 Å². The summed E-state index contributed by atoms with van der Waals surface area (Å²) in [7, 11) is 0. The van der Waals surface area contributed by atoms with E-state index in [2.05, 4.69) is 35.1 Å². The molecule has 0 saturated carbocycles. The predicted molar refractivity (Wildman–Crippen MR) is 116 cm³/mol. The van der Waals surface area contributed by atoms with E-state index < -0.39 is 0 Å². The lowest BCUT2D eigenvalue weighted by atomic mass is 10.0. The molecule has 0 N–H and O–H groups in total. The molecule has 0 aliphatic carbocycles. The second-order valence-corrected chi connectivity index (χ2v) is 7.82. The smallest absolute Gasteiger partial charge is 0.417 e. The Balaban J connectivity index is 1.68. The zero-order valence-corrected chi connectivity index (χ0v) is 17.4. The van der Waals surface area contributed by atoms with E-state index in [1.54, 1.807) is 0 Å². The number of ether oxygens (including phenoxy) is 1. The van der Waals surface area contributed by atoms with Crippen LogP contribution in [0.5, 0.6) is 0 Å². The van der Waals surface area contributed by atoms with Crippen molar-refractivity contribution in [2.75, 3.05) is 6.61 Å². The van der Waals surface area contributed by atoms with Gasteiger partial charge >= 0.3 is 6.47 Å². The van der Waals surface area contributed by atoms with Crippen LogP contribution >= 0.6 is 0 Å². The molecule has 153 valence electrons. The molecule has 0 atom stereocenters. The van der Waals surface area contributed by atoms with Crippen molar-refractivity contribution in [1.82, 2.24) is 0 Å². The number of unbranched alkanes of at least 4 members (excludes halogenated alkanes) is 15. The Morgan fingerprint density at radius 3 is 1.41 bits per heavy atom. The van der Waals surface area contributed by atoms with Crippen molar-refractivity contribution in [2.24, 2.45) is 0 Å². The molecular weight excluding hydrogens is 332 g/mol. The average Bonchev–Trinajstić information content (AvgIpc) is 2.70. The molecule has 2 nitrogen and oxygen atoms in total. The van der Waals surface area contributed by atoms with Crippen molar-refractivity contribution in [2.45, 2.75) is 109 Å². The molecule has 27 heavy (non-hydrogen) atoms. The van der Waals surface area contributed by atoms with E-state index >= 15 is 0 Å². The molecule has 1 aromatic carbocycles. The van der Waals surface area contributed by atoms with Gasteiger partial charge in [0.1, 0.15) is 0 Å². The van der Waals surface area contributed by atoms with Crippen LogP contribution in [0.15, 0.2) is 30.3 Å². The number of benzene rings is 1. The molecule has 1 rings (SSSR count). The monoisotopic (exact) mass is 373 g/mol. The maximum Gasteiger partial charge on any atom is 0.417 e. The molecule has 0 aliphatic rings. The number of carbonyl (C=O) groups excluding carboxylic acids is 1. The van der Waals surface area contributed by atoms with E-state index in [4.69, 9.17) is 0 Å². The summed E-state index contributed by atoms with van der Waals surface area (Å²) in [5.74, 6) is 0. The number of aryl methyl sites for hydroxylation is 1. The van der Waals surface area contributed by atoms with Crippen molar-refractivity contribution in [3.63, 3.8) is 0 Å². The third kappa shape index (κ3) is 16.6. The second-order valence-electron chi connectivity index (χ2n) is 7.82. The van der Waals surface area contributed by atoms with Crippen LogP contribution in [0.3, 0.4) is 0 Å². The highest BCUT2D eigenvalue weighted by Crippen LogP contribution is 2.14. The van der Waals surface area contributed by atoms with Crippen LogP contribution in [-0.2, 0) is 16.0 Å². The van der Waals surface area contributed by atoms with Gasteiger partial charge in [0.25, 0.3) is 0 Å². The normalized spacial score (nSPS) is 10.8. The van der Waals surface area contributed by atoms with Gasteiger partial charge in [-0.25, -0.2) is 4.79 Å². The van der Waals surface area contributed by atoms with Gasteiger partial charge in [0, 0.05) is 0 Å². The SMILES string of the molecule is O=[C]OCCCCCCCCCCCCCCCCCCc1ccccc1. The third-order valence-corrected chi connectivity index (χ3v) is 5.36. The van der Waals surface area contributed by atoms with Crippen LogP contribution in [0.1, 0.15) is 108 Å². The molecule has 0 bridgehead atoms. The minimum absolute atomic E-state index is 0.539. The summed E-state index contributed by atoms with van der Waals surface area (Å²) in [4.78, 5) is 9.87. The Hall–Kier alpha value is -1.31. The van der Waals surface area contributed by atoms with Crippen molar-refractivity contribution in [3.05, 3.63) is 35.9 Å². The van der Waals surface area contributed by atoms with Crippen molar-refractivity contribution < 1.29 is 9.53 Å². The Bertz CT molecular complexity index is 416. The van der Waals surface area contributed by atoms with Gasteiger partial charge in [-0.1, -0.05) is 120 Å². The van der Waals surface area contributed by atoms with E-state index in [9.17, 15) is 4.79 Å². The first kappa shape index (κ1) is 23.7. The lowest BCUT2D eigenvalue weighted by Gasteiger charge is -2.04. The van der Waals surface area contributed by atoms with Gasteiger partial charge in [0.05, 0.1) is 6.61 Å². The molecule has 1 radical (unpaired) electrons.